The van der Waals surface area contributed by atoms with E-state index in [1.807, 2.05) is 54.0 Å². The molecule has 35 heavy (non-hydrogen) atoms. The van der Waals surface area contributed by atoms with E-state index in [2.05, 4.69) is 19.5 Å². The van der Waals surface area contributed by atoms with Crippen molar-refractivity contribution in [3.8, 4) is 12.1 Å². The molecule has 2 rings (SSSR count). The van der Waals surface area contributed by atoms with Crippen LogP contribution in [0.2, 0.25) is 0 Å². The number of hydrogen-bond acceptors (Lipinski definition) is 10. The Bertz CT molecular complexity index is 1470. The quantitative estimate of drug-likeness (QED) is 0.218. The van der Waals surface area contributed by atoms with Crippen molar-refractivity contribution in [1.29, 1.82) is 10.5 Å². The maximum atomic E-state index is 11.0. The summed E-state index contributed by atoms with van der Waals surface area (Å²) in [5, 5.41) is 21.3. The first-order valence-electron chi connectivity index (χ1n) is 9.71. The van der Waals surface area contributed by atoms with Gasteiger partial charge < -0.3 is 0 Å². The number of hydroxylamine groups is 1. The van der Waals surface area contributed by atoms with Crippen LogP contribution in [0.3, 0.4) is 0 Å². The SMILES string of the molecule is CS(=O)(=O)ON=C(C#N)C=Cc1ccc(Cc2ccc(C=C=C(C#N)NOS(C)(=O)=O)cc2)cc1. The third kappa shape index (κ3) is 11.0. The van der Waals surface area contributed by atoms with Gasteiger partial charge in [-0.05, 0) is 40.8 Å². The van der Waals surface area contributed by atoms with Crippen molar-refractivity contribution in [2.24, 2.45) is 5.16 Å². The van der Waals surface area contributed by atoms with Crippen molar-refractivity contribution in [3.05, 3.63) is 88.3 Å². The minimum absolute atomic E-state index is 0.190. The second-order valence-electron chi connectivity index (χ2n) is 7.03. The molecule has 12 heteroatoms. The van der Waals surface area contributed by atoms with Gasteiger partial charge in [0.1, 0.15) is 12.1 Å². The molecule has 0 aliphatic carbocycles. The number of rotatable bonds is 10. The molecule has 0 aromatic heterocycles. The van der Waals surface area contributed by atoms with Crippen LogP contribution in [-0.2, 0) is 35.2 Å². The lowest BCUT2D eigenvalue weighted by atomic mass is 10.0. The monoisotopic (exact) mass is 512 g/mol. The second-order valence-corrected chi connectivity index (χ2v) is 10.2. The molecule has 0 heterocycles. The maximum Gasteiger partial charge on any atom is 0.325 e. The van der Waals surface area contributed by atoms with Crippen molar-refractivity contribution in [3.63, 3.8) is 0 Å². The van der Waals surface area contributed by atoms with Crippen LogP contribution in [0.1, 0.15) is 22.3 Å². The van der Waals surface area contributed by atoms with E-state index in [1.54, 1.807) is 18.2 Å². The molecule has 0 spiro atoms. The van der Waals surface area contributed by atoms with Gasteiger partial charge in [-0.15, -0.1) is 0 Å². The summed E-state index contributed by atoms with van der Waals surface area (Å²) in [5.74, 6) is 0. The summed E-state index contributed by atoms with van der Waals surface area (Å²) in [5.41, 5.74) is 7.88. The fourth-order valence-corrected chi connectivity index (χ4v) is 2.89. The Hall–Kier alpha value is -4.19. The van der Waals surface area contributed by atoms with E-state index < -0.39 is 20.2 Å². The zero-order valence-electron chi connectivity index (χ0n) is 18.7. The highest BCUT2D eigenvalue weighted by molar-refractivity contribution is 7.86. The van der Waals surface area contributed by atoms with Gasteiger partial charge in [-0.25, -0.2) is 5.48 Å². The topological polar surface area (TPSA) is 159 Å². The van der Waals surface area contributed by atoms with E-state index in [4.69, 9.17) is 10.5 Å². The van der Waals surface area contributed by atoms with E-state index in [0.29, 0.717) is 6.42 Å². The van der Waals surface area contributed by atoms with Crippen molar-refractivity contribution < 1.29 is 25.4 Å². The number of nitrogens with zero attached hydrogens (tertiary/aromatic N) is 3. The van der Waals surface area contributed by atoms with Crippen molar-refractivity contribution in [2.45, 2.75) is 6.42 Å². The minimum Gasteiger partial charge on any atom is -0.267 e. The van der Waals surface area contributed by atoms with E-state index >= 15 is 0 Å². The molecule has 0 amide bonds. The predicted octanol–water partition coefficient (Wildman–Crippen LogP) is 2.65. The van der Waals surface area contributed by atoms with E-state index in [9.17, 15) is 16.8 Å². The van der Waals surface area contributed by atoms with Gasteiger partial charge in [0.25, 0.3) is 10.1 Å². The number of nitriles is 2. The Balaban J connectivity index is 2.03. The van der Waals surface area contributed by atoms with Crippen LogP contribution in [0, 0.1) is 22.7 Å². The van der Waals surface area contributed by atoms with Crippen LogP contribution in [0.5, 0.6) is 0 Å². The number of nitrogens with one attached hydrogen (secondary N) is 1. The van der Waals surface area contributed by atoms with Crippen LogP contribution in [-0.4, -0.2) is 35.1 Å². The molecule has 0 unspecified atom stereocenters. The molecule has 0 radical (unpaired) electrons. The Labute approximate surface area is 203 Å². The van der Waals surface area contributed by atoms with Crippen LogP contribution in [0.15, 0.2) is 71.2 Å². The van der Waals surface area contributed by atoms with Gasteiger partial charge in [0.15, 0.2) is 11.4 Å². The lowest BCUT2D eigenvalue weighted by molar-refractivity contribution is 0.245. The fraction of sp³-hybridized carbons (Fsp3) is 0.130. The molecule has 2 aromatic rings. The summed E-state index contributed by atoms with van der Waals surface area (Å²) >= 11 is 0. The second kappa shape index (κ2) is 12.3. The van der Waals surface area contributed by atoms with Gasteiger partial charge in [0, 0.05) is 0 Å². The van der Waals surface area contributed by atoms with Gasteiger partial charge in [0.2, 0.25) is 0 Å². The lowest BCUT2D eigenvalue weighted by Gasteiger charge is -2.03. The molecule has 0 saturated heterocycles. The van der Waals surface area contributed by atoms with E-state index in [1.165, 1.54) is 12.2 Å². The van der Waals surface area contributed by atoms with Crippen LogP contribution in [0.25, 0.3) is 12.2 Å². The van der Waals surface area contributed by atoms with Gasteiger partial charge in [-0.1, -0.05) is 65.5 Å². The van der Waals surface area contributed by atoms with Gasteiger partial charge in [-0.3, -0.25) is 4.28 Å². The number of benzene rings is 2. The summed E-state index contributed by atoms with van der Waals surface area (Å²) in [6, 6.07) is 18.5. The molecule has 180 valence electrons. The summed E-state index contributed by atoms with van der Waals surface area (Å²) in [7, 11) is -7.54. The first-order chi connectivity index (χ1) is 16.5. The predicted molar refractivity (Wildman–Crippen MR) is 130 cm³/mol. The van der Waals surface area contributed by atoms with Gasteiger partial charge in [-0.2, -0.15) is 31.6 Å². The highest BCUT2D eigenvalue weighted by Gasteiger charge is 2.03. The highest BCUT2D eigenvalue weighted by Crippen LogP contribution is 2.14. The van der Waals surface area contributed by atoms with Crippen LogP contribution in [0.4, 0.5) is 0 Å². The largest absolute Gasteiger partial charge is 0.325 e. The van der Waals surface area contributed by atoms with Crippen molar-refractivity contribution in [1.82, 2.24) is 5.48 Å². The molecule has 0 atom stereocenters. The molecule has 10 nitrogen and oxygen atoms in total. The first kappa shape index (κ1) is 27.1. The normalized spacial score (nSPS) is 11.7. The number of oxime groups is 1. The van der Waals surface area contributed by atoms with Gasteiger partial charge >= 0.3 is 10.1 Å². The van der Waals surface area contributed by atoms with Crippen molar-refractivity contribution >= 4 is 38.1 Å². The van der Waals surface area contributed by atoms with Crippen LogP contribution < -0.4 is 5.48 Å². The Kier molecular flexibility index (Phi) is 9.53. The fourth-order valence-electron chi connectivity index (χ4n) is 2.44. The minimum atomic E-state index is -3.79. The zero-order chi connectivity index (χ0) is 25.9. The first-order valence-corrected chi connectivity index (χ1v) is 13.3. The van der Waals surface area contributed by atoms with E-state index in [-0.39, 0.29) is 11.4 Å². The Morgan fingerprint density at radius 3 is 1.97 bits per heavy atom. The smallest absolute Gasteiger partial charge is 0.267 e. The Morgan fingerprint density at radius 1 is 0.914 bits per heavy atom. The molecule has 0 saturated carbocycles. The average Bonchev–Trinajstić information content (AvgIpc) is 2.80. The molecular formula is C23H20N4O6S2. The summed E-state index contributed by atoms with van der Waals surface area (Å²) in [6.07, 6.45) is 6.81. The number of allylic oxidation sites excluding steroid dienone is 2. The van der Waals surface area contributed by atoms with Crippen LogP contribution >= 0.6 is 0 Å². The highest BCUT2D eigenvalue weighted by atomic mass is 32.2. The lowest BCUT2D eigenvalue weighted by Crippen LogP contribution is -2.17. The molecular weight excluding hydrogens is 492 g/mol. The molecule has 2 aromatic carbocycles. The van der Waals surface area contributed by atoms with Crippen molar-refractivity contribution in [2.75, 3.05) is 12.5 Å². The standard InChI is InChI=1S/C23H20N4O6S2/c1-34(28,29)32-26-22(16-24)13-11-18-3-7-20(8-4-18)15-21-9-5-19(6-10-21)12-14-23(17-25)27-33-35(2,30)31/h3-13,27H,15H2,1-2H3. The molecule has 0 aliphatic heterocycles. The number of hydrogen-bond donors (Lipinski definition) is 1. The average molecular weight is 513 g/mol. The summed E-state index contributed by atoms with van der Waals surface area (Å²) in [6.45, 7) is 0. The Morgan fingerprint density at radius 2 is 1.49 bits per heavy atom. The van der Waals surface area contributed by atoms with Gasteiger partial charge in [0.05, 0.1) is 12.5 Å². The third-order valence-electron chi connectivity index (χ3n) is 3.98. The third-order valence-corrected chi connectivity index (χ3v) is 4.71. The summed E-state index contributed by atoms with van der Waals surface area (Å²) in [4.78, 5) is 0. The summed E-state index contributed by atoms with van der Waals surface area (Å²) < 4.78 is 52.4. The maximum absolute atomic E-state index is 11.0. The molecule has 1 N–H and O–H groups in total. The van der Waals surface area contributed by atoms with E-state index in [0.717, 1.165) is 34.8 Å². The molecule has 0 fully saturated rings. The zero-order valence-corrected chi connectivity index (χ0v) is 20.3. The molecule has 0 aliphatic rings. The molecule has 0 bridgehead atoms.